The molecule has 0 aliphatic carbocycles. The highest BCUT2D eigenvalue weighted by Crippen LogP contribution is 2.24. The number of ether oxygens (including phenoxy) is 1. The topological polar surface area (TPSA) is 38.3 Å². The minimum atomic E-state index is -0.135. The zero-order valence-corrected chi connectivity index (χ0v) is 11.3. The van der Waals surface area contributed by atoms with Gasteiger partial charge in [0.2, 0.25) is 0 Å². The van der Waals surface area contributed by atoms with Gasteiger partial charge in [0.25, 0.3) is 5.91 Å². The molecule has 0 fully saturated rings. The molecule has 0 atom stereocenters. The Bertz CT molecular complexity index is 425. The van der Waals surface area contributed by atoms with Crippen LogP contribution in [0.5, 0.6) is 5.75 Å². The Kier molecular flexibility index (Phi) is 5.43. The molecule has 0 spiro atoms. The first-order valence-corrected chi connectivity index (χ1v) is 6.15. The van der Waals surface area contributed by atoms with Crippen LogP contribution < -0.4 is 10.1 Å². The molecule has 1 N–H and O–H groups in total. The van der Waals surface area contributed by atoms with Crippen LogP contribution in [0.15, 0.2) is 30.9 Å². The number of hydrogen-bond acceptors (Lipinski definition) is 2. The molecule has 1 rings (SSSR count). The fourth-order valence-corrected chi connectivity index (χ4v) is 1.51. The van der Waals surface area contributed by atoms with Crippen molar-refractivity contribution in [3.63, 3.8) is 0 Å². The standard InChI is InChI=1S/C15H21NO2/c1-5-8-16-15(17)10-18-14-9-13(11(2)3)7-6-12(14)4/h5-7,9,11H,1,8,10H2,2-4H3,(H,16,17). The van der Waals surface area contributed by atoms with Gasteiger partial charge in [0.15, 0.2) is 6.61 Å². The van der Waals surface area contributed by atoms with Gasteiger partial charge >= 0.3 is 0 Å². The summed E-state index contributed by atoms with van der Waals surface area (Å²) in [5.74, 6) is 1.08. The number of aryl methyl sites for hydroxylation is 1. The van der Waals surface area contributed by atoms with Crippen molar-refractivity contribution in [3.05, 3.63) is 42.0 Å². The summed E-state index contributed by atoms with van der Waals surface area (Å²) in [6, 6.07) is 6.11. The zero-order chi connectivity index (χ0) is 13.5. The minimum Gasteiger partial charge on any atom is -0.483 e. The highest BCUT2D eigenvalue weighted by molar-refractivity contribution is 5.77. The number of amides is 1. The van der Waals surface area contributed by atoms with E-state index in [1.165, 1.54) is 5.56 Å². The maximum atomic E-state index is 11.4. The molecule has 0 saturated heterocycles. The van der Waals surface area contributed by atoms with Crippen molar-refractivity contribution in [3.8, 4) is 5.75 Å². The molecule has 3 nitrogen and oxygen atoms in total. The van der Waals surface area contributed by atoms with Crippen molar-refractivity contribution in [1.82, 2.24) is 5.32 Å². The predicted molar refractivity (Wildman–Crippen MR) is 74.0 cm³/mol. The van der Waals surface area contributed by atoms with Crippen LogP contribution >= 0.6 is 0 Å². The molecule has 0 aliphatic heterocycles. The lowest BCUT2D eigenvalue weighted by molar-refractivity contribution is -0.122. The minimum absolute atomic E-state index is 0.0379. The summed E-state index contributed by atoms with van der Waals surface area (Å²) in [5, 5.41) is 2.68. The summed E-state index contributed by atoms with van der Waals surface area (Å²) in [6.45, 7) is 10.3. The van der Waals surface area contributed by atoms with E-state index >= 15 is 0 Å². The number of hydrogen-bond donors (Lipinski definition) is 1. The molecular weight excluding hydrogens is 226 g/mol. The van der Waals surface area contributed by atoms with Crippen LogP contribution in [-0.4, -0.2) is 19.1 Å². The second kappa shape index (κ2) is 6.84. The third-order valence-electron chi connectivity index (χ3n) is 2.68. The molecule has 98 valence electrons. The largest absolute Gasteiger partial charge is 0.483 e. The fourth-order valence-electron chi connectivity index (χ4n) is 1.51. The Morgan fingerprint density at radius 3 is 2.83 bits per heavy atom. The summed E-state index contributed by atoms with van der Waals surface area (Å²) in [4.78, 5) is 11.4. The summed E-state index contributed by atoms with van der Waals surface area (Å²) < 4.78 is 5.54. The van der Waals surface area contributed by atoms with E-state index < -0.39 is 0 Å². The van der Waals surface area contributed by atoms with Crippen LogP contribution in [0.3, 0.4) is 0 Å². The summed E-state index contributed by atoms with van der Waals surface area (Å²) in [7, 11) is 0. The number of rotatable bonds is 6. The fraction of sp³-hybridized carbons (Fsp3) is 0.400. The Hall–Kier alpha value is -1.77. The lowest BCUT2D eigenvalue weighted by atomic mass is 10.0. The molecule has 0 heterocycles. The van der Waals surface area contributed by atoms with E-state index in [-0.39, 0.29) is 12.5 Å². The third kappa shape index (κ3) is 4.24. The van der Waals surface area contributed by atoms with Crippen LogP contribution in [0.2, 0.25) is 0 Å². The van der Waals surface area contributed by atoms with Gasteiger partial charge in [-0.15, -0.1) is 6.58 Å². The lowest BCUT2D eigenvalue weighted by Crippen LogP contribution is -2.28. The Labute approximate surface area is 109 Å². The molecule has 0 radical (unpaired) electrons. The number of benzene rings is 1. The van der Waals surface area contributed by atoms with Crippen molar-refractivity contribution >= 4 is 5.91 Å². The van der Waals surface area contributed by atoms with E-state index in [9.17, 15) is 4.79 Å². The molecule has 18 heavy (non-hydrogen) atoms. The molecule has 1 aromatic rings. The van der Waals surface area contributed by atoms with E-state index in [1.54, 1.807) is 6.08 Å². The number of nitrogens with one attached hydrogen (secondary N) is 1. The van der Waals surface area contributed by atoms with Crippen molar-refractivity contribution in [2.75, 3.05) is 13.2 Å². The van der Waals surface area contributed by atoms with E-state index in [2.05, 4.69) is 31.8 Å². The quantitative estimate of drug-likeness (QED) is 0.785. The van der Waals surface area contributed by atoms with Gasteiger partial charge in [0, 0.05) is 6.54 Å². The van der Waals surface area contributed by atoms with Crippen molar-refractivity contribution in [2.24, 2.45) is 0 Å². The summed E-state index contributed by atoms with van der Waals surface area (Å²) in [5.41, 5.74) is 2.25. The Morgan fingerprint density at radius 2 is 2.22 bits per heavy atom. The molecular formula is C15H21NO2. The molecule has 0 aliphatic rings. The second-order valence-electron chi connectivity index (χ2n) is 4.56. The average molecular weight is 247 g/mol. The van der Waals surface area contributed by atoms with Crippen LogP contribution in [0.4, 0.5) is 0 Å². The highest BCUT2D eigenvalue weighted by atomic mass is 16.5. The normalized spacial score (nSPS) is 10.2. The van der Waals surface area contributed by atoms with Crippen molar-refractivity contribution in [1.29, 1.82) is 0 Å². The van der Waals surface area contributed by atoms with Gasteiger partial charge in [0.1, 0.15) is 5.75 Å². The maximum absolute atomic E-state index is 11.4. The molecule has 1 amide bonds. The summed E-state index contributed by atoms with van der Waals surface area (Å²) in [6.07, 6.45) is 1.64. The molecule has 0 aromatic heterocycles. The van der Waals surface area contributed by atoms with Gasteiger partial charge in [-0.1, -0.05) is 32.1 Å². The summed E-state index contributed by atoms with van der Waals surface area (Å²) >= 11 is 0. The molecule has 0 saturated carbocycles. The van der Waals surface area contributed by atoms with Crippen LogP contribution in [0, 0.1) is 6.92 Å². The first kappa shape index (κ1) is 14.3. The van der Waals surface area contributed by atoms with Crippen LogP contribution in [0.25, 0.3) is 0 Å². The SMILES string of the molecule is C=CCNC(=O)COc1cc(C(C)C)ccc1C. The number of carbonyl (C=O) groups excluding carboxylic acids is 1. The third-order valence-corrected chi connectivity index (χ3v) is 2.68. The first-order chi connectivity index (χ1) is 8.54. The Morgan fingerprint density at radius 1 is 1.50 bits per heavy atom. The van der Waals surface area contributed by atoms with E-state index in [0.29, 0.717) is 12.5 Å². The van der Waals surface area contributed by atoms with Gasteiger partial charge in [-0.2, -0.15) is 0 Å². The van der Waals surface area contributed by atoms with E-state index in [4.69, 9.17) is 4.74 Å². The van der Waals surface area contributed by atoms with Gasteiger partial charge < -0.3 is 10.1 Å². The number of carbonyl (C=O) groups is 1. The molecule has 1 aromatic carbocycles. The van der Waals surface area contributed by atoms with Gasteiger partial charge in [-0.25, -0.2) is 0 Å². The smallest absolute Gasteiger partial charge is 0.258 e. The zero-order valence-electron chi connectivity index (χ0n) is 11.3. The second-order valence-corrected chi connectivity index (χ2v) is 4.56. The van der Waals surface area contributed by atoms with Gasteiger partial charge in [0.05, 0.1) is 0 Å². The van der Waals surface area contributed by atoms with Crippen LogP contribution in [-0.2, 0) is 4.79 Å². The van der Waals surface area contributed by atoms with E-state index in [0.717, 1.165) is 11.3 Å². The van der Waals surface area contributed by atoms with Crippen molar-refractivity contribution in [2.45, 2.75) is 26.7 Å². The monoisotopic (exact) mass is 247 g/mol. The first-order valence-electron chi connectivity index (χ1n) is 6.15. The van der Waals surface area contributed by atoms with Crippen LogP contribution in [0.1, 0.15) is 30.9 Å². The van der Waals surface area contributed by atoms with Crippen molar-refractivity contribution < 1.29 is 9.53 Å². The highest BCUT2D eigenvalue weighted by Gasteiger charge is 2.06. The molecule has 0 bridgehead atoms. The Balaban J connectivity index is 2.63. The lowest BCUT2D eigenvalue weighted by Gasteiger charge is -2.12. The average Bonchev–Trinajstić information content (AvgIpc) is 2.35. The molecule has 3 heteroatoms. The van der Waals surface area contributed by atoms with E-state index in [1.807, 2.05) is 19.1 Å². The predicted octanol–water partition coefficient (Wildman–Crippen LogP) is 2.80. The maximum Gasteiger partial charge on any atom is 0.258 e. The molecule has 0 unspecified atom stereocenters. The van der Waals surface area contributed by atoms with Gasteiger partial charge in [-0.05, 0) is 30.0 Å². The van der Waals surface area contributed by atoms with Gasteiger partial charge in [-0.3, -0.25) is 4.79 Å².